The van der Waals surface area contributed by atoms with Gasteiger partial charge in [-0.2, -0.15) is 0 Å². The van der Waals surface area contributed by atoms with Crippen molar-refractivity contribution < 1.29 is 17.9 Å². The van der Waals surface area contributed by atoms with Crippen LogP contribution in [0.1, 0.15) is 15.9 Å². The van der Waals surface area contributed by atoms with Crippen LogP contribution in [-0.4, -0.2) is 33.2 Å². The summed E-state index contributed by atoms with van der Waals surface area (Å²) >= 11 is 0. The van der Waals surface area contributed by atoms with Gasteiger partial charge in [0, 0.05) is 18.2 Å². The Balaban J connectivity index is 1.58. The normalized spacial score (nSPS) is 16.5. The van der Waals surface area contributed by atoms with Crippen LogP contribution < -0.4 is 10.1 Å². The van der Waals surface area contributed by atoms with E-state index < -0.39 is 9.84 Å². The van der Waals surface area contributed by atoms with Gasteiger partial charge in [-0.05, 0) is 35.9 Å². The van der Waals surface area contributed by atoms with Crippen molar-refractivity contribution in [2.45, 2.75) is 17.4 Å². The van der Waals surface area contributed by atoms with E-state index in [0.29, 0.717) is 12.1 Å². The number of para-hydroxylation sites is 1. The molecule has 1 atom stereocenters. The van der Waals surface area contributed by atoms with E-state index in [1.54, 1.807) is 0 Å². The molecule has 1 aliphatic heterocycles. The molecule has 5 nitrogen and oxygen atoms in total. The van der Waals surface area contributed by atoms with Gasteiger partial charge in [0.25, 0.3) is 5.91 Å². The summed E-state index contributed by atoms with van der Waals surface area (Å²) in [5, 5.41) is 2.82. The van der Waals surface area contributed by atoms with E-state index >= 15 is 0 Å². The number of carbonyl (C=O) groups is 1. The summed E-state index contributed by atoms with van der Waals surface area (Å²) in [6.07, 6.45) is 1.83. The fraction of sp³-hybridized carbons (Fsp3) is 0.235. The summed E-state index contributed by atoms with van der Waals surface area (Å²) in [5.74, 6) is 0.619. The zero-order valence-corrected chi connectivity index (χ0v) is 13.5. The minimum atomic E-state index is -3.25. The van der Waals surface area contributed by atoms with E-state index in [2.05, 4.69) is 5.32 Å². The minimum absolute atomic E-state index is 0.0772. The molecule has 0 fully saturated rings. The summed E-state index contributed by atoms with van der Waals surface area (Å²) in [5.41, 5.74) is 1.57. The van der Waals surface area contributed by atoms with Gasteiger partial charge in [0.2, 0.25) is 0 Å². The van der Waals surface area contributed by atoms with E-state index in [1.807, 2.05) is 24.3 Å². The molecule has 0 saturated carbocycles. The number of hydrogen-bond acceptors (Lipinski definition) is 4. The number of sulfone groups is 1. The standard InChI is InChI=1S/C17H17NO4S/c1-23(20,21)15-8-6-12(7-9-15)17(19)18-11-14-10-13-4-2-3-5-16(13)22-14/h2-9,14H,10-11H2,1H3,(H,18,19)/t14-/m0/s1. The fourth-order valence-corrected chi connectivity index (χ4v) is 3.16. The number of carbonyl (C=O) groups excluding carboxylic acids is 1. The summed E-state index contributed by atoms with van der Waals surface area (Å²) in [7, 11) is -3.25. The Labute approximate surface area is 135 Å². The van der Waals surface area contributed by atoms with E-state index in [1.165, 1.54) is 24.3 Å². The van der Waals surface area contributed by atoms with Gasteiger partial charge in [-0.15, -0.1) is 0 Å². The molecular weight excluding hydrogens is 314 g/mol. The van der Waals surface area contributed by atoms with Crippen molar-refractivity contribution in [1.82, 2.24) is 5.32 Å². The summed E-state index contributed by atoms with van der Waals surface area (Å²) in [6, 6.07) is 13.7. The molecule has 2 aromatic carbocycles. The van der Waals surface area contributed by atoms with Gasteiger partial charge in [-0.1, -0.05) is 18.2 Å². The number of ether oxygens (including phenoxy) is 1. The monoisotopic (exact) mass is 331 g/mol. The van der Waals surface area contributed by atoms with Crippen molar-refractivity contribution in [2.24, 2.45) is 0 Å². The number of benzene rings is 2. The maximum absolute atomic E-state index is 12.1. The first-order chi connectivity index (χ1) is 10.9. The third kappa shape index (κ3) is 3.53. The average molecular weight is 331 g/mol. The Morgan fingerprint density at radius 2 is 1.87 bits per heavy atom. The first-order valence-electron chi connectivity index (χ1n) is 7.26. The van der Waals surface area contributed by atoms with Crippen molar-refractivity contribution in [3.63, 3.8) is 0 Å². The molecule has 23 heavy (non-hydrogen) atoms. The molecular formula is C17H17NO4S. The van der Waals surface area contributed by atoms with Crippen LogP contribution in [0.2, 0.25) is 0 Å². The molecule has 0 aliphatic carbocycles. The molecule has 0 saturated heterocycles. The van der Waals surface area contributed by atoms with Gasteiger partial charge in [0.1, 0.15) is 11.9 Å². The fourth-order valence-electron chi connectivity index (χ4n) is 2.53. The zero-order chi connectivity index (χ0) is 16.4. The van der Waals surface area contributed by atoms with Crippen LogP contribution in [0.3, 0.4) is 0 Å². The van der Waals surface area contributed by atoms with Gasteiger partial charge in [0.15, 0.2) is 9.84 Å². The Bertz CT molecular complexity index is 803. The Kier molecular flexibility index (Phi) is 4.09. The first kappa shape index (κ1) is 15.6. The summed E-state index contributed by atoms with van der Waals surface area (Å²) in [6.45, 7) is 0.404. The molecule has 6 heteroatoms. The topological polar surface area (TPSA) is 72.5 Å². The second-order valence-electron chi connectivity index (χ2n) is 5.56. The van der Waals surface area contributed by atoms with Crippen LogP contribution >= 0.6 is 0 Å². The van der Waals surface area contributed by atoms with Crippen LogP contribution in [0.15, 0.2) is 53.4 Å². The smallest absolute Gasteiger partial charge is 0.251 e. The number of amides is 1. The number of rotatable bonds is 4. The van der Waals surface area contributed by atoms with E-state index in [9.17, 15) is 13.2 Å². The Morgan fingerprint density at radius 3 is 2.52 bits per heavy atom. The molecule has 0 aromatic heterocycles. The van der Waals surface area contributed by atoms with Gasteiger partial charge in [0.05, 0.1) is 11.4 Å². The SMILES string of the molecule is CS(=O)(=O)c1ccc(C(=O)NC[C@@H]2Cc3ccccc3O2)cc1. The van der Waals surface area contributed by atoms with E-state index in [4.69, 9.17) is 4.74 Å². The minimum Gasteiger partial charge on any atom is -0.488 e. The lowest BCUT2D eigenvalue weighted by Crippen LogP contribution is -2.34. The third-order valence-electron chi connectivity index (χ3n) is 3.75. The molecule has 1 heterocycles. The van der Waals surface area contributed by atoms with Crippen LogP contribution in [0, 0.1) is 0 Å². The molecule has 1 N–H and O–H groups in total. The molecule has 0 spiro atoms. The second kappa shape index (κ2) is 6.04. The number of hydrogen-bond donors (Lipinski definition) is 1. The van der Waals surface area contributed by atoms with Crippen molar-refractivity contribution >= 4 is 15.7 Å². The van der Waals surface area contributed by atoms with E-state index in [0.717, 1.165) is 24.0 Å². The molecule has 0 unspecified atom stereocenters. The first-order valence-corrected chi connectivity index (χ1v) is 9.15. The largest absolute Gasteiger partial charge is 0.488 e. The van der Waals surface area contributed by atoms with Crippen molar-refractivity contribution in [3.8, 4) is 5.75 Å². The Morgan fingerprint density at radius 1 is 1.17 bits per heavy atom. The highest BCUT2D eigenvalue weighted by Crippen LogP contribution is 2.27. The molecule has 0 bridgehead atoms. The predicted molar refractivity (Wildman–Crippen MR) is 86.4 cm³/mol. The molecule has 2 aromatic rings. The Hall–Kier alpha value is -2.34. The second-order valence-corrected chi connectivity index (χ2v) is 7.57. The zero-order valence-electron chi connectivity index (χ0n) is 12.7. The highest BCUT2D eigenvalue weighted by molar-refractivity contribution is 7.90. The van der Waals surface area contributed by atoms with Crippen LogP contribution in [0.5, 0.6) is 5.75 Å². The molecule has 3 rings (SSSR count). The highest BCUT2D eigenvalue weighted by Gasteiger charge is 2.22. The third-order valence-corrected chi connectivity index (χ3v) is 4.88. The van der Waals surface area contributed by atoms with Crippen molar-refractivity contribution in [2.75, 3.05) is 12.8 Å². The number of nitrogens with one attached hydrogen (secondary N) is 1. The van der Waals surface area contributed by atoms with Crippen LogP contribution in [0.4, 0.5) is 0 Å². The molecule has 1 amide bonds. The van der Waals surface area contributed by atoms with Gasteiger partial charge in [-0.3, -0.25) is 4.79 Å². The maximum atomic E-state index is 12.1. The van der Waals surface area contributed by atoms with E-state index in [-0.39, 0.29) is 16.9 Å². The van der Waals surface area contributed by atoms with Gasteiger partial charge >= 0.3 is 0 Å². The van der Waals surface area contributed by atoms with Crippen LogP contribution in [-0.2, 0) is 16.3 Å². The quantitative estimate of drug-likeness (QED) is 0.927. The number of fused-ring (bicyclic) bond motifs is 1. The lowest BCUT2D eigenvalue weighted by Gasteiger charge is -2.12. The predicted octanol–water partition coefficient (Wildman–Crippen LogP) is 1.82. The van der Waals surface area contributed by atoms with Gasteiger partial charge in [-0.25, -0.2) is 8.42 Å². The summed E-state index contributed by atoms with van der Waals surface area (Å²) in [4.78, 5) is 12.3. The maximum Gasteiger partial charge on any atom is 0.251 e. The molecule has 0 radical (unpaired) electrons. The van der Waals surface area contributed by atoms with Crippen molar-refractivity contribution in [1.29, 1.82) is 0 Å². The average Bonchev–Trinajstić information content (AvgIpc) is 2.95. The molecule has 1 aliphatic rings. The highest BCUT2D eigenvalue weighted by atomic mass is 32.2. The summed E-state index contributed by atoms with van der Waals surface area (Å²) < 4.78 is 28.6. The molecule has 120 valence electrons. The van der Waals surface area contributed by atoms with Crippen molar-refractivity contribution in [3.05, 3.63) is 59.7 Å². The lowest BCUT2D eigenvalue weighted by atomic mass is 10.1. The van der Waals surface area contributed by atoms with Gasteiger partial charge < -0.3 is 10.1 Å². The van der Waals surface area contributed by atoms with Crippen LogP contribution in [0.25, 0.3) is 0 Å². The lowest BCUT2D eigenvalue weighted by molar-refractivity contribution is 0.0933.